The summed E-state index contributed by atoms with van der Waals surface area (Å²) in [6.45, 7) is 0. The SMILES string of the molecule is COC(=O)c1ccc(Cc2nc3ccc(Cl)cc3o2)cc1. The summed E-state index contributed by atoms with van der Waals surface area (Å²) in [6, 6.07) is 12.5. The molecule has 4 nitrogen and oxygen atoms in total. The minimum atomic E-state index is -0.349. The number of rotatable bonds is 3. The second-order valence-corrected chi connectivity index (χ2v) is 5.02. The van der Waals surface area contributed by atoms with Crippen molar-refractivity contribution in [1.29, 1.82) is 0 Å². The zero-order valence-corrected chi connectivity index (χ0v) is 12.1. The number of fused-ring (bicyclic) bond motifs is 1. The predicted molar refractivity (Wildman–Crippen MR) is 79.6 cm³/mol. The molecule has 0 amide bonds. The van der Waals surface area contributed by atoms with Crippen LogP contribution >= 0.6 is 11.6 Å². The zero-order chi connectivity index (χ0) is 14.8. The van der Waals surface area contributed by atoms with Crippen LogP contribution in [-0.4, -0.2) is 18.1 Å². The van der Waals surface area contributed by atoms with Crippen LogP contribution < -0.4 is 0 Å². The Bertz CT molecular complexity index is 793. The van der Waals surface area contributed by atoms with Crippen LogP contribution in [0.25, 0.3) is 11.1 Å². The zero-order valence-electron chi connectivity index (χ0n) is 11.3. The fourth-order valence-corrected chi connectivity index (χ4v) is 2.24. The first-order valence-electron chi connectivity index (χ1n) is 6.38. The average molecular weight is 302 g/mol. The number of aromatic nitrogens is 1. The van der Waals surface area contributed by atoms with E-state index in [2.05, 4.69) is 9.72 Å². The van der Waals surface area contributed by atoms with Crippen LogP contribution in [0, 0.1) is 0 Å². The number of ether oxygens (including phenoxy) is 1. The Morgan fingerprint density at radius 3 is 2.71 bits per heavy atom. The van der Waals surface area contributed by atoms with Gasteiger partial charge in [0.2, 0.25) is 0 Å². The van der Waals surface area contributed by atoms with Gasteiger partial charge in [-0.2, -0.15) is 0 Å². The highest BCUT2D eigenvalue weighted by Gasteiger charge is 2.09. The van der Waals surface area contributed by atoms with Crippen molar-refractivity contribution >= 4 is 28.7 Å². The molecule has 0 aliphatic carbocycles. The molecule has 21 heavy (non-hydrogen) atoms. The lowest BCUT2D eigenvalue weighted by Gasteiger charge is -2.00. The first-order chi connectivity index (χ1) is 10.2. The van der Waals surface area contributed by atoms with E-state index in [1.807, 2.05) is 18.2 Å². The van der Waals surface area contributed by atoms with Crippen molar-refractivity contribution in [3.8, 4) is 0 Å². The molecule has 0 fully saturated rings. The highest BCUT2D eigenvalue weighted by molar-refractivity contribution is 6.31. The Balaban J connectivity index is 1.83. The molecule has 0 aliphatic heterocycles. The van der Waals surface area contributed by atoms with Crippen molar-refractivity contribution in [2.75, 3.05) is 7.11 Å². The van der Waals surface area contributed by atoms with Gasteiger partial charge in [-0.1, -0.05) is 23.7 Å². The number of hydrogen-bond acceptors (Lipinski definition) is 4. The first kappa shape index (κ1) is 13.6. The van der Waals surface area contributed by atoms with Gasteiger partial charge in [-0.25, -0.2) is 9.78 Å². The van der Waals surface area contributed by atoms with E-state index in [9.17, 15) is 4.79 Å². The minimum absolute atomic E-state index is 0.349. The number of oxazole rings is 1. The lowest BCUT2D eigenvalue weighted by atomic mass is 10.1. The Labute approximate surface area is 126 Å². The molecule has 0 bridgehead atoms. The second kappa shape index (κ2) is 5.58. The number of nitrogens with zero attached hydrogens (tertiary/aromatic N) is 1. The van der Waals surface area contributed by atoms with Gasteiger partial charge in [0.15, 0.2) is 11.5 Å². The van der Waals surface area contributed by atoms with Crippen LogP contribution in [0.5, 0.6) is 0 Å². The quantitative estimate of drug-likeness (QED) is 0.689. The van der Waals surface area contributed by atoms with E-state index < -0.39 is 0 Å². The topological polar surface area (TPSA) is 52.3 Å². The van der Waals surface area contributed by atoms with E-state index in [0.29, 0.717) is 28.5 Å². The predicted octanol–water partition coefficient (Wildman–Crippen LogP) is 3.86. The van der Waals surface area contributed by atoms with Gasteiger partial charge in [0, 0.05) is 17.5 Å². The molecular formula is C16H12ClNO3. The fourth-order valence-electron chi connectivity index (χ4n) is 2.07. The number of carbonyl (C=O) groups excluding carboxylic acids is 1. The van der Waals surface area contributed by atoms with Crippen LogP contribution in [0.4, 0.5) is 0 Å². The summed E-state index contributed by atoms with van der Waals surface area (Å²) in [5.74, 6) is 0.260. The molecule has 0 spiro atoms. The van der Waals surface area contributed by atoms with Gasteiger partial charge < -0.3 is 9.15 Å². The standard InChI is InChI=1S/C16H12ClNO3/c1-20-16(19)11-4-2-10(3-5-11)8-15-18-13-7-6-12(17)9-14(13)21-15/h2-7,9H,8H2,1H3. The van der Waals surface area contributed by atoms with Crippen molar-refractivity contribution in [3.63, 3.8) is 0 Å². The molecule has 3 rings (SSSR count). The van der Waals surface area contributed by atoms with Crippen molar-refractivity contribution < 1.29 is 13.9 Å². The summed E-state index contributed by atoms with van der Waals surface area (Å²) in [5, 5.41) is 0.618. The van der Waals surface area contributed by atoms with Crippen molar-refractivity contribution in [2.45, 2.75) is 6.42 Å². The van der Waals surface area contributed by atoms with Crippen LogP contribution in [0.15, 0.2) is 46.9 Å². The fraction of sp³-hybridized carbons (Fsp3) is 0.125. The van der Waals surface area contributed by atoms with E-state index >= 15 is 0 Å². The molecule has 0 unspecified atom stereocenters. The highest BCUT2D eigenvalue weighted by Crippen LogP contribution is 2.21. The lowest BCUT2D eigenvalue weighted by molar-refractivity contribution is 0.0600. The Hall–Kier alpha value is -2.33. The number of benzene rings is 2. The average Bonchev–Trinajstić information content (AvgIpc) is 2.88. The largest absolute Gasteiger partial charge is 0.465 e. The van der Waals surface area contributed by atoms with E-state index in [4.69, 9.17) is 16.0 Å². The van der Waals surface area contributed by atoms with E-state index in [1.54, 1.807) is 24.3 Å². The lowest BCUT2D eigenvalue weighted by Crippen LogP contribution is -2.01. The molecule has 0 radical (unpaired) electrons. The molecular weight excluding hydrogens is 290 g/mol. The maximum atomic E-state index is 11.4. The smallest absolute Gasteiger partial charge is 0.337 e. The molecule has 1 aromatic heterocycles. The second-order valence-electron chi connectivity index (χ2n) is 4.58. The van der Waals surface area contributed by atoms with Crippen LogP contribution in [0.2, 0.25) is 5.02 Å². The number of hydrogen-bond donors (Lipinski definition) is 0. The molecule has 0 atom stereocenters. The maximum Gasteiger partial charge on any atom is 0.337 e. The molecule has 3 aromatic rings. The molecule has 0 N–H and O–H groups in total. The summed E-state index contributed by atoms with van der Waals surface area (Å²) < 4.78 is 10.3. The number of esters is 1. The number of methoxy groups -OCH3 is 1. The summed E-state index contributed by atoms with van der Waals surface area (Å²) >= 11 is 5.92. The Morgan fingerprint density at radius 2 is 2.00 bits per heavy atom. The van der Waals surface area contributed by atoms with Gasteiger partial charge in [0.1, 0.15) is 5.52 Å². The summed E-state index contributed by atoms with van der Waals surface area (Å²) in [7, 11) is 1.36. The number of halogens is 1. The van der Waals surface area contributed by atoms with Gasteiger partial charge in [0.05, 0.1) is 12.7 Å². The monoisotopic (exact) mass is 301 g/mol. The van der Waals surface area contributed by atoms with E-state index in [-0.39, 0.29) is 5.97 Å². The summed E-state index contributed by atoms with van der Waals surface area (Å²) in [6.07, 6.45) is 0.549. The normalized spacial score (nSPS) is 10.8. The van der Waals surface area contributed by atoms with Gasteiger partial charge in [-0.3, -0.25) is 0 Å². The summed E-state index contributed by atoms with van der Waals surface area (Å²) in [5.41, 5.74) is 2.97. The van der Waals surface area contributed by atoms with Crippen LogP contribution in [0.1, 0.15) is 21.8 Å². The third kappa shape index (κ3) is 2.90. The van der Waals surface area contributed by atoms with Crippen LogP contribution in [-0.2, 0) is 11.2 Å². The number of carbonyl (C=O) groups is 1. The van der Waals surface area contributed by atoms with Gasteiger partial charge in [-0.05, 0) is 29.8 Å². The summed E-state index contributed by atoms with van der Waals surface area (Å²) in [4.78, 5) is 15.8. The van der Waals surface area contributed by atoms with Crippen molar-refractivity contribution in [2.24, 2.45) is 0 Å². The van der Waals surface area contributed by atoms with E-state index in [0.717, 1.165) is 11.1 Å². The first-order valence-corrected chi connectivity index (χ1v) is 6.76. The minimum Gasteiger partial charge on any atom is -0.465 e. The van der Waals surface area contributed by atoms with Gasteiger partial charge in [-0.15, -0.1) is 0 Å². The Morgan fingerprint density at radius 1 is 1.24 bits per heavy atom. The van der Waals surface area contributed by atoms with E-state index in [1.165, 1.54) is 7.11 Å². The molecule has 5 heteroatoms. The molecule has 106 valence electrons. The van der Waals surface area contributed by atoms with Crippen molar-refractivity contribution in [3.05, 3.63) is 64.5 Å². The molecule has 1 heterocycles. The maximum absolute atomic E-state index is 11.4. The van der Waals surface area contributed by atoms with Crippen molar-refractivity contribution in [1.82, 2.24) is 4.98 Å². The molecule has 0 aliphatic rings. The highest BCUT2D eigenvalue weighted by atomic mass is 35.5. The van der Waals surface area contributed by atoms with Crippen LogP contribution in [0.3, 0.4) is 0 Å². The Kier molecular flexibility index (Phi) is 3.62. The molecule has 0 saturated heterocycles. The van der Waals surface area contributed by atoms with Gasteiger partial charge >= 0.3 is 5.97 Å². The third-order valence-corrected chi connectivity index (χ3v) is 3.36. The van der Waals surface area contributed by atoms with Gasteiger partial charge in [0.25, 0.3) is 0 Å². The third-order valence-electron chi connectivity index (χ3n) is 3.13. The molecule has 0 saturated carbocycles. The molecule has 2 aromatic carbocycles.